The highest BCUT2D eigenvalue weighted by atomic mass is 32.2. The van der Waals surface area contributed by atoms with Crippen LogP contribution in [0.25, 0.3) is 0 Å². The maximum atomic E-state index is 12.0. The van der Waals surface area contributed by atoms with Crippen molar-refractivity contribution in [3.05, 3.63) is 16.0 Å². The Bertz CT molecular complexity index is 593. The number of hydrogen-bond donors (Lipinski definition) is 4. The van der Waals surface area contributed by atoms with Crippen molar-refractivity contribution in [2.75, 3.05) is 19.7 Å². The van der Waals surface area contributed by atoms with E-state index in [1.807, 2.05) is 0 Å². The maximum absolute atomic E-state index is 12.0. The van der Waals surface area contributed by atoms with E-state index in [-0.39, 0.29) is 22.9 Å². The van der Waals surface area contributed by atoms with Crippen molar-refractivity contribution in [2.24, 2.45) is 0 Å². The predicted molar refractivity (Wildman–Crippen MR) is 69.0 cm³/mol. The minimum atomic E-state index is -3.89. The van der Waals surface area contributed by atoms with Gasteiger partial charge < -0.3 is 15.5 Å². The number of aliphatic hydroxyl groups excluding tert-OH is 1. The van der Waals surface area contributed by atoms with E-state index < -0.39 is 16.0 Å². The van der Waals surface area contributed by atoms with Crippen LogP contribution in [0, 0.1) is 0 Å². The van der Waals surface area contributed by atoms with Crippen LogP contribution in [0.2, 0.25) is 0 Å². The first kappa shape index (κ1) is 14.4. The average molecular weight is 306 g/mol. The Kier molecular flexibility index (Phi) is 4.21. The van der Waals surface area contributed by atoms with Crippen molar-refractivity contribution in [2.45, 2.75) is 17.2 Å². The van der Waals surface area contributed by atoms with Crippen LogP contribution in [0.3, 0.4) is 0 Å². The van der Waals surface area contributed by atoms with E-state index in [0.29, 0.717) is 25.1 Å². The van der Waals surface area contributed by atoms with E-state index in [1.54, 1.807) is 0 Å². The minimum absolute atomic E-state index is 0.132. The topological polar surface area (TPSA) is 116 Å². The molecule has 0 atom stereocenters. The summed E-state index contributed by atoms with van der Waals surface area (Å²) in [6, 6.07) is 0. The van der Waals surface area contributed by atoms with Crippen LogP contribution in [0.4, 0.5) is 0 Å². The lowest BCUT2D eigenvalue weighted by atomic mass is 10.1. The summed E-state index contributed by atoms with van der Waals surface area (Å²) in [6.07, 6.45) is 0.503. The average Bonchev–Trinajstić information content (AvgIpc) is 2.76. The summed E-state index contributed by atoms with van der Waals surface area (Å²) in [6.45, 7) is 0.639. The van der Waals surface area contributed by atoms with Crippen LogP contribution < -0.4 is 10.0 Å². The summed E-state index contributed by atoms with van der Waals surface area (Å²) in [7, 11) is -3.89. The van der Waals surface area contributed by atoms with E-state index in [9.17, 15) is 18.3 Å². The molecule has 0 saturated heterocycles. The lowest BCUT2D eigenvalue weighted by Crippen LogP contribution is -2.27. The van der Waals surface area contributed by atoms with E-state index in [2.05, 4.69) is 10.0 Å². The first-order valence-electron chi connectivity index (χ1n) is 5.66. The van der Waals surface area contributed by atoms with Crippen molar-refractivity contribution in [3.8, 4) is 0 Å². The third kappa shape index (κ3) is 2.79. The normalized spacial score (nSPS) is 15.2. The van der Waals surface area contributed by atoms with Crippen LogP contribution in [-0.4, -0.2) is 44.3 Å². The lowest BCUT2D eigenvalue weighted by Gasteiger charge is -2.12. The van der Waals surface area contributed by atoms with Crippen molar-refractivity contribution in [1.82, 2.24) is 10.0 Å². The largest absolute Gasteiger partial charge is 0.478 e. The molecule has 0 amide bonds. The molecule has 0 fully saturated rings. The number of sulfonamides is 1. The monoisotopic (exact) mass is 306 g/mol. The number of carboxylic acid groups (broad SMARTS) is 1. The van der Waals surface area contributed by atoms with Crippen molar-refractivity contribution < 1.29 is 23.4 Å². The SMILES string of the molecule is O=C(O)c1c(S(=O)(=O)NCCO)sc2c1CCNC2. The van der Waals surface area contributed by atoms with Crippen LogP contribution in [0.1, 0.15) is 20.8 Å². The first-order valence-corrected chi connectivity index (χ1v) is 7.96. The summed E-state index contributed by atoms with van der Waals surface area (Å²) in [5, 5.41) is 21.0. The van der Waals surface area contributed by atoms with Crippen molar-refractivity contribution >= 4 is 27.3 Å². The number of fused-ring (bicyclic) bond motifs is 1. The zero-order valence-corrected chi connectivity index (χ0v) is 11.6. The third-order valence-corrected chi connectivity index (χ3v) is 5.97. The van der Waals surface area contributed by atoms with E-state index in [1.165, 1.54) is 0 Å². The zero-order valence-electron chi connectivity index (χ0n) is 9.97. The number of carboxylic acids is 1. The smallest absolute Gasteiger partial charge is 0.338 e. The van der Waals surface area contributed by atoms with Gasteiger partial charge in [0.1, 0.15) is 4.21 Å². The number of hydrogen-bond acceptors (Lipinski definition) is 6. The molecule has 0 spiro atoms. The third-order valence-electron chi connectivity index (χ3n) is 2.76. The highest BCUT2D eigenvalue weighted by Gasteiger charge is 2.31. The maximum Gasteiger partial charge on any atom is 0.338 e. The Morgan fingerprint density at radius 2 is 2.21 bits per heavy atom. The van der Waals surface area contributed by atoms with Gasteiger partial charge >= 0.3 is 5.97 Å². The molecule has 19 heavy (non-hydrogen) atoms. The van der Waals surface area contributed by atoms with Gasteiger partial charge in [0.05, 0.1) is 12.2 Å². The van der Waals surface area contributed by atoms with Gasteiger partial charge in [0, 0.05) is 18.0 Å². The fourth-order valence-corrected chi connectivity index (χ4v) is 4.89. The molecule has 1 aromatic heterocycles. The molecule has 7 nitrogen and oxygen atoms in total. The Balaban J connectivity index is 2.51. The van der Waals surface area contributed by atoms with Crippen LogP contribution in [0.5, 0.6) is 0 Å². The number of aromatic carboxylic acids is 1. The van der Waals surface area contributed by atoms with Gasteiger partial charge in [-0.25, -0.2) is 17.9 Å². The van der Waals surface area contributed by atoms with Gasteiger partial charge in [-0.2, -0.15) is 0 Å². The van der Waals surface area contributed by atoms with Gasteiger partial charge in [-0.1, -0.05) is 0 Å². The molecule has 1 aliphatic rings. The van der Waals surface area contributed by atoms with Gasteiger partial charge in [0.15, 0.2) is 0 Å². The molecule has 1 aliphatic heterocycles. The first-order chi connectivity index (χ1) is 8.97. The molecule has 0 bridgehead atoms. The molecule has 2 rings (SSSR count). The number of carbonyl (C=O) groups is 1. The fraction of sp³-hybridized carbons (Fsp3) is 0.500. The molecule has 0 aromatic carbocycles. The number of rotatable bonds is 5. The second kappa shape index (κ2) is 5.55. The van der Waals surface area contributed by atoms with E-state index in [0.717, 1.165) is 16.2 Å². The molecule has 9 heteroatoms. The second-order valence-electron chi connectivity index (χ2n) is 4.02. The second-order valence-corrected chi connectivity index (χ2v) is 7.09. The molecular formula is C10H14N2O5S2. The Hall–Kier alpha value is -1.00. The highest BCUT2D eigenvalue weighted by molar-refractivity contribution is 7.91. The van der Waals surface area contributed by atoms with Gasteiger partial charge in [-0.3, -0.25) is 0 Å². The molecule has 0 aliphatic carbocycles. The quantitative estimate of drug-likeness (QED) is 0.575. The summed E-state index contributed by atoms with van der Waals surface area (Å²) in [5.41, 5.74) is 0.465. The highest BCUT2D eigenvalue weighted by Crippen LogP contribution is 2.34. The van der Waals surface area contributed by atoms with E-state index in [4.69, 9.17) is 5.11 Å². The summed E-state index contributed by atoms with van der Waals surface area (Å²) < 4.78 is 26.1. The van der Waals surface area contributed by atoms with Gasteiger partial charge in [-0.05, 0) is 18.5 Å². The summed E-state index contributed by atoms with van der Waals surface area (Å²) in [5.74, 6) is -1.23. The summed E-state index contributed by atoms with van der Waals surface area (Å²) >= 11 is 0.972. The molecule has 106 valence electrons. The zero-order chi connectivity index (χ0) is 14.0. The Morgan fingerprint density at radius 1 is 1.47 bits per heavy atom. The van der Waals surface area contributed by atoms with E-state index >= 15 is 0 Å². The molecule has 4 N–H and O–H groups in total. The molecule has 0 saturated carbocycles. The number of nitrogens with one attached hydrogen (secondary N) is 2. The number of thiophene rings is 1. The fourth-order valence-electron chi connectivity index (χ4n) is 1.96. The molecule has 0 unspecified atom stereocenters. The summed E-state index contributed by atoms with van der Waals surface area (Å²) in [4.78, 5) is 12.1. The van der Waals surface area contributed by atoms with Crippen molar-refractivity contribution in [1.29, 1.82) is 0 Å². The Morgan fingerprint density at radius 3 is 2.84 bits per heavy atom. The van der Waals surface area contributed by atoms with Gasteiger partial charge in [0.2, 0.25) is 0 Å². The minimum Gasteiger partial charge on any atom is -0.478 e. The van der Waals surface area contributed by atoms with Gasteiger partial charge in [-0.15, -0.1) is 11.3 Å². The number of aliphatic hydroxyl groups is 1. The van der Waals surface area contributed by atoms with Crippen molar-refractivity contribution in [3.63, 3.8) is 0 Å². The van der Waals surface area contributed by atoms with Crippen LogP contribution in [-0.2, 0) is 23.0 Å². The van der Waals surface area contributed by atoms with Crippen LogP contribution >= 0.6 is 11.3 Å². The molecular weight excluding hydrogens is 292 g/mol. The predicted octanol–water partition coefficient (Wildman–Crippen LogP) is -0.637. The standard InChI is InChI=1S/C10H14N2O5S2/c13-4-3-12-19(16,17)10-8(9(14)15)6-1-2-11-5-7(6)18-10/h11-13H,1-5H2,(H,14,15). The lowest BCUT2D eigenvalue weighted by molar-refractivity contribution is 0.0692. The van der Waals surface area contributed by atoms with Gasteiger partial charge in [0.25, 0.3) is 10.0 Å². The van der Waals surface area contributed by atoms with Crippen LogP contribution in [0.15, 0.2) is 4.21 Å². The molecule has 2 heterocycles. The Labute approximate surface area is 114 Å². The molecule has 0 radical (unpaired) electrons. The molecule has 1 aromatic rings.